The molecular formula is C14H22N2OS. The van der Waals surface area contributed by atoms with Crippen LogP contribution in [0.2, 0.25) is 0 Å². The molecule has 1 spiro atoms. The molecule has 3 nitrogen and oxygen atoms in total. The Hall–Kier alpha value is -0.420. The molecule has 0 unspecified atom stereocenters. The van der Waals surface area contributed by atoms with Crippen molar-refractivity contribution < 1.29 is 4.74 Å². The van der Waals surface area contributed by atoms with E-state index in [1.54, 1.807) is 11.3 Å². The second-order valence-electron chi connectivity index (χ2n) is 5.88. The van der Waals surface area contributed by atoms with E-state index in [1.165, 1.54) is 31.6 Å². The molecule has 3 rings (SSSR count). The van der Waals surface area contributed by atoms with Gasteiger partial charge in [-0.3, -0.25) is 4.90 Å². The van der Waals surface area contributed by atoms with Gasteiger partial charge in [0.25, 0.3) is 0 Å². The number of nitrogens with zero attached hydrogens (tertiary/aromatic N) is 2. The minimum absolute atomic E-state index is 0.376. The van der Waals surface area contributed by atoms with Crippen LogP contribution in [0.1, 0.15) is 12.0 Å². The third-order valence-electron chi connectivity index (χ3n) is 4.13. The number of likely N-dealkylation sites (tertiary alicyclic amines) is 1. The Bertz CT molecular complexity index is 381. The van der Waals surface area contributed by atoms with Crippen LogP contribution in [-0.4, -0.2) is 56.2 Å². The third kappa shape index (κ3) is 2.77. The van der Waals surface area contributed by atoms with Gasteiger partial charge in [-0.25, -0.2) is 0 Å². The van der Waals surface area contributed by atoms with Gasteiger partial charge in [-0.05, 0) is 42.4 Å². The first kappa shape index (κ1) is 12.6. The topological polar surface area (TPSA) is 15.7 Å². The highest BCUT2D eigenvalue weighted by Crippen LogP contribution is 2.33. The number of hydrogen-bond donors (Lipinski definition) is 0. The molecule has 0 radical (unpaired) electrons. The predicted molar refractivity (Wildman–Crippen MR) is 75.0 cm³/mol. The summed E-state index contributed by atoms with van der Waals surface area (Å²) in [5, 5.41) is 4.43. The van der Waals surface area contributed by atoms with E-state index in [4.69, 9.17) is 4.74 Å². The molecule has 2 fully saturated rings. The molecule has 0 N–H and O–H groups in total. The summed E-state index contributed by atoms with van der Waals surface area (Å²) >= 11 is 1.79. The van der Waals surface area contributed by atoms with Crippen LogP contribution in [0.15, 0.2) is 16.8 Å². The van der Waals surface area contributed by atoms with Crippen LogP contribution in [0.4, 0.5) is 0 Å². The summed E-state index contributed by atoms with van der Waals surface area (Å²) in [4.78, 5) is 5.02. The summed E-state index contributed by atoms with van der Waals surface area (Å²) < 4.78 is 5.86. The van der Waals surface area contributed by atoms with Gasteiger partial charge in [0.2, 0.25) is 0 Å². The maximum atomic E-state index is 5.86. The molecular weight excluding hydrogens is 244 g/mol. The van der Waals surface area contributed by atoms with Crippen molar-refractivity contribution in [3.05, 3.63) is 22.4 Å². The van der Waals surface area contributed by atoms with E-state index in [2.05, 4.69) is 33.7 Å². The summed E-state index contributed by atoms with van der Waals surface area (Å²) in [5.41, 5.74) is 1.82. The van der Waals surface area contributed by atoms with Gasteiger partial charge in [0, 0.05) is 31.6 Å². The molecule has 1 aromatic heterocycles. The summed E-state index contributed by atoms with van der Waals surface area (Å²) in [7, 11) is 2.23. The maximum Gasteiger partial charge on any atom is 0.0593 e. The molecule has 0 saturated carbocycles. The molecule has 0 aromatic carbocycles. The van der Waals surface area contributed by atoms with Crippen molar-refractivity contribution in [2.45, 2.75) is 13.0 Å². The van der Waals surface area contributed by atoms with Crippen LogP contribution in [0.5, 0.6) is 0 Å². The zero-order chi connectivity index (χ0) is 12.4. The van der Waals surface area contributed by atoms with Crippen molar-refractivity contribution in [3.63, 3.8) is 0 Å². The lowest BCUT2D eigenvalue weighted by Gasteiger charge is -2.31. The number of rotatable bonds is 2. The highest BCUT2D eigenvalue weighted by molar-refractivity contribution is 7.07. The van der Waals surface area contributed by atoms with E-state index < -0.39 is 0 Å². The first-order chi connectivity index (χ1) is 8.76. The normalized spacial score (nSPS) is 30.9. The van der Waals surface area contributed by atoms with Gasteiger partial charge in [-0.15, -0.1) is 0 Å². The first-order valence-corrected chi connectivity index (χ1v) is 7.70. The first-order valence-electron chi connectivity index (χ1n) is 6.76. The molecule has 100 valence electrons. The largest absolute Gasteiger partial charge is 0.379 e. The fourth-order valence-electron chi connectivity index (χ4n) is 3.26. The zero-order valence-electron chi connectivity index (χ0n) is 11.1. The second-order valence-corrected chi connectivity index (χ2v) is 6.66. The van der Waals surface area contributed by atoms with Gasteiger partial charge < -0.3 is 9.64 Å². The standard InChI is InChI=1S/C14H22N2OS/c1-15-4-3-14(10-15)11-16(5-6-17-12-14)8-13-2-7-18-9-13/h2,7,9H,3-6,8,10-12H2,1H3/t14-/m0/s1. The summed E-state index contributed by atoms with van der Waals surface area (Å²) in [6.45, 7) is 7.57. The molecule has 2 aliphatic heterocycles. The molecule has 2 aliphatic rings. The third-order valence-corrected chi connectivity index (χ3v) is 4.87. The molecule has 0 amide bonds. The van der Waals surface area contributed by atoms with Gasteiger partial charge in [-0.1, -0.05) is 0 Å². The maximum absolute atomic E-state index is 5.86. The zero-order valence-corrected chi connectivity index (χ0v) is 11.9. The van der Waals surface area contributed by atoms with Crippen molar-refractivity contribution >= 4 is 11.3 Å². The van der Waals surface area contributed by atoms with Crippen LogP contribution in [-0.2, 0) is 11.3 Å². The van der Waals surface area contributed by atoms with Crippen LogP contribution in [0, 0.1) is 5.41 Å². The van der Waals surface area contributed by atoms with Crippen molar-refractivity contribution in [1.29, 1.82) is 0 Å². The van der Waals surface area contributed by atoms with Gasteiger partial charge >= 0.3 is 0 Å². The number of thiophene rings is 1. The van der Waals surface area contributed by atoms with Crippen LogP contribution < -0.4 is 0 Å². The lowest BCUT2D eigenvalue weighted by Crippen LogP contribution is -2.39. The average molecular weight is 266 g/mol. The number of hydrogen-bond acceptors (Lipinski definition) is 4. The SMILES string of the molecule is CN1CC[C@]2(COCCN(Cc3ccsc3)C2)C1. The molecule has 18 heavy (non-hydrogen) atoms. The van der Waals surface area contributed by atoms with E-state index >= 15 is 0 Å². The van der Waals surface area contributed by atoms with E-state index in [1.807, 2.05) is 0 Å². The second kappa shape index (κ2) is 5.29. The molecule has 1 aromatic rings. The Balaban J connectivity index is 1.67. The monoisotopic (exact) mass is 266 g/mol. The Morgan fingerprint density at radius 3 is 3.06 bits per heavy atom. The van der Waals surface area contributed by atoms with Crippen molar-refractivity contribution in [3.8, 4) is 0 Å². The lowest BCUT2D eigenvalue weighted by molar-refractivity contribution is 0.0730. The molecule has 1 atom stereocenters. The molecule has 2 saturated heterocycles. The average Bonchev–Trinajstić information content (AvgIpc) is 2.90. The fourth-order valence-corrected chi connectivity index (χ4v) is 3.92. The van der Waals surface area contributed by atoms with Gasteiger partial charge in [-0.2, -0.15) is 11.3 Å². The Morgan fingerprint density at radius 1 is 1.39 bits per heavy atom. The molecule has 3 heterocycles. The van der Waals surface area contributed by atoms with Gasteiger partial charge in [0.1, 0.15) is 0 Å². The Morgan fingerprint density at radius 2 is 2.33 bits per heavy atom. The van der Waals surface area contributed by atoms with Gasteiger partial charge in [0.05, 0.1) is 13.2 Å². The van der Waals surface area contributed by atoms with Gasteiger partial charge in [0.15, 0.2) is 0 Å². The number of ether oxygens (including phenoxy) is 1. The molecule has 0 bridgehead atoms. The highest BCUT2D eigenvalue weighted by atomic mass is 32.1. The highest BCUT2D eigenvalue weighted by Gasteiger charge is 2.39. The van der Waals surface area contributed by atoms with E-state index in [9.17, 15) is 0 Å². The van der Waals surface area contributed by atoms with Crippen LogP contribution >= 0.6 is 11.3 Å². The van der Waals surface area contributed by atoms with Crippen molar-refractivity contribution in [2.24, 2.45) is 5.41 Å². The molecule has 4 heteroatoms. The lowest BCUT2D eigenvalue weighted by atomic mass is 9.87. The van der Waals surface area contributed by atoms with Crippen LogP contribution in [0.3, 0.4) is 0 Å². The summed E-state index contributed by atoms with van der Waals surface area (Å²) in [6, 6.07) is 2.24. The van der Waals surface area contributed by atoms with Crippen LogP contribution in [0.25, 0.3) is 0 Å². The minimum atomic E-state index is 0.376. The smallest absolute Gasteiger partial charge is 0.0593 e. The summed E-state index contributed by atoms with van der Waals surface area (Å²) in [6.07, 6.45) is 1.28. The van der Waals surface area contributed by atoms with Crippen molar-refractivity contribution in [2.75, 3.05) is 46.4 Å². The fraction of sp³-hybridized carbons (Fsp3) is 0.714. The van der Waals surface area contributed by atoms with E-state index in [0.29, 0.717) is 5.41 Å². The van der Waals surface area contributed by atoms with E-state index in [0.717, 1.165) is 26.3 Å². The Labute approximate surface area is 113 Å². The molecule has 0 aliphatic carbocycles. The van der Waals surface area contributed by atoms with E-state index in [-0.39, 0.29) is 0 Å². The predicted octanol–water partition coefficient (Wildman–Crippen LogP) is 1.90. The minimum Gasteiger partial charge on any atom is -0.379 e. The van der Waals surface area contributed by atoms with Crippen molar-refractivity contribution in [1.82, 2.24) is 9.80 Å². The summed E-state index contributed by atoms with van der Waals surface area (Å²) in [5.74, 6) is 0. The quantitative estimate of drug-likeness (QED) is 0.813. The Kier molecular flexibility index (Phi) is 3.71.